The van der Waals surface area contributed by atoms with Gasteiger partial charge in [0.1, 0.15) is 0 Å². The first-order valence-corrected chi connectivity index (χ1v) is 4.89. The Balaban J connectivity index is 2.32. The van der Waals surface area contributed by atoms with Crippen LogP contribution in [0.5, 0.6) is 0 Å². The summed E-state index contributed by atoms with van der Waals surface area (Å²) in [7, 11) is 0. The Bertz CT molecular complexity index is 473. The Labute approximate surface area is 91.6 Å². The molecule has 1 aromatic heterocycles. The first kappa shape index (κ1) is 10.4. The zero-order valence-corrected chi connectivity index (χ0v) is 8.54. The molecule has 0 saturated heterocycles. The molecule has 0 atom stereocenters. The largest absolute Gasteiger partial charge is 0.298 e. The topological polar surface area (TPSA) is 76.7 Å². The van der Waals surface area contributed by atoms with E-state index in [2.05, 4.69) is 15.3 Å². The van der Waals surface area contributed by atoms with Gasteiger partial charge in [-0.2, -0.15) is 10.0 Å². The van der Waals surface area contributed by atoms with Gasteiger partial charge in [0, 0.05) is 18.8 Å². The number of hydrogen-bond donors (Lipinski definition) is 0. The van der Waals surface area contributed by atoms with E-state index in [-0.39, 0.29) is 6.54 Å². The summed E-state index contributed by atoms with van der Waals surface area (Å²) < 4.78 is 1.55. The van der Waals surface area contributed by atoms with Crippen LogP contribution >= 0.6 is 0 Å². The van der Waals surface area contributed by atoms with E-state index in [1.807, 2.05) is 0 Å². The summed E-state index contributed by atoms with van der Waals surface area (Å²) in [4.78, 5) is 24.9. The third-order valence-electron chi connectivity index (χ3n) is 2.32. The molecule has 1 aromatic rings. The van der Waals surface area contributed by atoms with Crippen LogP contribution in [-0.2, 0) is 0 Å². The van der Waals surface area contributed by atoms with Crippen molar-refractivity contribution in [2.24, 2.45) is 10.2 Å². The van der Waals surface area contributed by atoms with Gasteiger partial charge in [-0.15, -0.1) is 0 Å². The Hall–Kier alpha value is -2.11. The predicted octanol–water partition coefficient (Wildman–Crippen LogP) is 1.80. The van der Waals surface area contributed by atoms with Gasteiger partial charge in [0.15, 0.2) is 12.1 Å². The van der Waals surface area contributed by atoms with Crippen molar-refractivity contribution in [3.8, 4) is 0 Å². The Morgan fingerprint density at radius 3 is 3.19 bits per heavy atom. The van der Waals surface area contributed by atoms with Gasteiger partial charge in [-0.1, -0.05) is 5.18 Å². The van der Waals surface area contributed by atoms with E-state index >= 15 is 0 Å². The minimum absolute atomic E-state index is 0.247. The number of carbonyl (C=O) groups excluding carboxylic acids is 1. The van der Waals surface area contributed by atoms with E-state index in [1.165, 1.54) is 6.20 Å². The van der Waals surface area contributed by atoms with Crippen molar-refractivity contribution < 1.29 is 4.79 Å². The van der Waals surface area contributed by atoms with E-state index in [0.29, 0.717) is 24.2 Å². The van der Waals surface area contributed by atoms with Crippen LogP contribution in [0.15, 0.2) is 21.9 Å². The number of hydrogen-bond acceptors (Lipinski definition) is 5. The van der Waals surface area contributed by atoms with E-state index in [4.69, 9.17) is 0 Å². The van der Waals surface area contributed by atoms with Crippen molar-refractivity contribution in [2.45, 2.75) is 12.8 Å². The summed E-state index contributed by atoms with van der Waals surface area (Å²) in [5.74, 6) is 0.532. The molecule has 0 saturated carbocycles. The summed E-state index contributed by atoms with van der Waals surface area (Å²) >= 11 is 0. The van der Waals surface area contributed by atoms with Gasteiger partial charge in [-0.05, 0) is 12.0 Å². The molecule has 1 aliphatic heterocycles. The average molecular weight is 218 g/mol. The Morgan fingerprint density at radius 2 is 2.44 bits per heavy atom. The highest BCUT2D eigenvalue weighted by atomic mass is 16.3. The molecular formula is C10H10N4O2. The molecule has 6 heteroatoms. The van der Waals surface area contributed by atoms with Crippen molar-refractivity contribution in [2.75, 3.05) is 6.54 Å². The second-order valence-electron chi connectivity index (χ2n) is 3.39. The van der Waals surface area contributed by atoms with Gasteiger partial charge in [0.05, 0.1) is 18.3 Å². The molecule has 6 nitrogen and oxygen atoms in total. The van der Waals surface area contributed by atoms with Crippen LogP contribution in [0, 0.1) is 4.91 Å². The molecule has 82 valence electrons. The molecule has 0 fully saturated rings. The molecule has 0 bridgehead atoms. The van der Waals surface area contributed by atoms with Gasteiger partial charge in [-0.25, -0.2) is 9.67 Å². The van der Waals surface area contributed by atoms with E-state index in [1.54, 1.807) is 17.1 Å². The molecule has 0 aromatic carbocycles. The molecule has 1 aliphatic rings. The van der Waals surface area contributed by atoms with Crippen LogP contribution in [0.1, 0.15) is 23.2 Å². The first-order valence-electron chi connectivity index (χ1n) is 4.89. The van der Waals surface area contributed by atoms with Crippen LogP contribution in [-0.4, -0.2) is 28.8 Å². The lowest BCUT2D eigenvalue weighted by Gasteiger charge is -1.99. The number of fused-ring (bicyclic) bond motifs is 1. The summed E-state index contributed by atoms with van der Waals surface area (Å²) in [6, 6.07) is 0. The highest BCUT2D eigenvalue weighted by Gasteiger charge is 2.10. The number of nitroso groups, excluding NO2 is 1. The van der Waals surface area contributed by atoms with E-state index < -0.39 is 0 Å². The van der Waals surface area contributed by atoms with Crippen molar-refractivity contribution in [3.63, 3.8) is 0 Å². The fraction of sp³-hybridized carbons (Fsp3) is 0.300. The molecule has 0 unspecified atom stereocenters. The number of carbonyl (C=O) groups is 1. The Kier molecular flexibility index (Phi) is 3.00. The molecule has 0 spiro atoms. The molecule has 0 radical (unpaired) electrons. The Morgan fingerprint density at radius 1 is 1.56 bits per heavy atom. The summed E-state index contributed by atoms with van der Waals surface area (Å²) in [6.45, 7) is 0.247. The predicted molar refractivity (Wildman–Crippen MR) is 59.9 cm³/mol. The quantitative estimate of drug-likeness (QED) is 0.571. The zero-order valence-electron chi connectivity index (χ0n) is 8.54. The fourth-order valence-corrected chi connectivity index (χ4v) is 1.51. The lowest BCUT2D eigenvalue weighted by molar-refractivity contribution is 0.112. The lowest BCUT2D eigenvalue weighted by Crippen LogP contribution is -1.92. The summed E-state index contributed by atoms with van der Waals surface area (Å²) in [6.07, 6.45) is 6.94. The van der Waals surface area contributed by atoms with Gasteiger partial charge < -0.3 is 0 Å². The highest BCUT2D eigenvalue weighted by molar-refractivity contribution is 5.84. The zero-order chi connectivity index (χ0) is 11.4. The standard InChI is InChI=1S/C10H10N4O2/c15-7-9-5-12-14-6-8(2-4-13-16)1-3-11-10(9)14/h3,5-7H,1-2,4H2. The molecule has 2 heterocycles. The fourth-order valence-electron chi connectivity index (χ4n) is 1.51. The summed E-state index contributed by atoms with van der Waals surface area (Å²) in [5, 5.41) is 6.85. The van der Waals surface area contributed by atoms with Crippen molar-refractivity contribution in [1.29, 1.82) is 0 Å². The SMILES string of the molecule is O=Cc1cnn2c1N=CCC(CCN=O)=C2. The smallest absolute Gasteiger partial charge is 0.165 e. The minimum atomic E-state index is 0.247. The maximum Gasteiger partial charge on any atom is 0.165 e. The molecule has 0 N–H and O–H groups in total. The molecule has 2 rings (SSSR count). The monoisotopic (exact) mass is 218 g/mol. The first-order chi connectivity index (χ1) is 7.85. The van der Waals surface area contributed by atoms with E-state index in [0.717, 1.165) is 11.9 Å². The number of aromatic nitrogens is 2. The van der Waals surface area contributed by atoms with E-state index in [9.17, 15) is 9.70 Å². The number of aldehydes is 1. The van der Waals surface area contributed by atoms with Crippen LogP contribution in [0.2, 0.25) is 0 Å². The van der Waals surface area contributed by atoms with Crippen molar-refractivity contribution in [3.05, 3.63) is 22.2 Å². The molecular weight excluding hydrogens is 208 g/mol. The number of aliphatic imine (C=N–C) groups is 1. The minimum Gasteiger partial charge on any atom is -0.298 e. The van der Waals surface area contributed by atoms with Gasteiger partial charge >= 0.3 is 0 Å². The second kappa shape index (κ2) is 4.61. The van der Waals surface area contributed by atoms with Gasteiger partial charge in [0.2, 0.25) is 0 Å². The number of rotatable bonds is 4. The maximum atomic E-state index is 10.7. The average Bonchev–Trinajstić information content (AvgIpc) is 2.57. The van der Waals surface area contributed by atoms with Crippen LogP contribution in [0.4, 0.5) is 5.82 Å². The third kappa shape index (κ3) is 1.95. The third-order valence-corrected chi connectivity index (χ3v) is 2.32. The summed E-state index contributed by atoms with van der Waals surface area (Å²) in [5.41, 5.74) is 1.48. The van der Waals surface area contributed by atoms with Gasteiger partial charge in [-0.3, -0.25) is 4.79 Å². The van der Waals surface area contributed by atoms with Crippen LogP contribution < -0.4 is 0 Å². The van der Waals surface area contributed by atoms with Gasteiger partial charge in [0.25, 0.3) is 0 Å². The molecule has 16 heavy (non-hydrogen) atoms. The van der Waals surface area contributed by atoms with Crippen molar-refractivity contribution in [1.82, 2.24) is 9.78 Å². The molecule has 0 aliphatic carbocycles. The van der Waals surface area contributed by atoms with Crippen molar-refractivity contribution >= 4 is 24.5 Å². The number of nitrogens with zero attached hydrogens (tertiary/aromatic N) is 4. The normalized spacial score (nSPS) is 13.9. The second-order valence-corrected chi connectivity index (χ2v) is 3.39. The maximum absolute atomic E-state index is 10.7. The van der Waals surface area contributed by atoms with Crippen LogP contribution in [0.25, 0.3) is 6.20 Å². The molecule has 0 amide bonds. The highest BCUT2D eigenvalue weighted by Crippen LogP contribution is 2.22. The lowest BCUT2D eigenvalue weighted by atomic mass is 10.1. The van der Waals surface area contributed by atoms with Crippen LogP contribution in [0.3, 0.4) is 0 Å².